The van der Waals surface area contributed by atoms with Gasteiger partial charge in [0.25, 0.3) is 0 Å². The van der Waals surface area contributed by atoms with Crippen LogP contribution in [-0.2, 0) is 20.1 Å². The van der Waals surface area contributed by atoms with Gasteiger partial charge >= 0.3 is 0 Å². The average molecular weight is 316 g/mol. The van der Waals surface area contributed by atoms with Crippen LogP contribution in [-0.4, -0.2) is 42.3 Å². The van der Waals surface area contributed by atoms with Gasteiger partial charge in [-0.2, -0.15) is 0 Å². The molecule has 6 nitrogen and oxygen atoms in total. The molecule has 0 bridgehead atoms. The van der Waals surface area contributed by atoms with Gasteiger partial charge in [0.15, 0.2) is 0 Å². The maximum absolute atomic E-state index is 9.76. The Morgan fingerprint density at radius 2 is 2.00 bits per heavy atom. The Kier molecular flexibility index (Phi) is 4.93. The molecule has 1 aliphatic rings. The van der Waals surface area contributed by atoms with Crippen molar-refractivity contribution in [3.8, 4) is 5.75 Å². The average Bonchev–Trinajstić information content (AvgIpc) is 2.93. The van der Waals surface area contributed by atoms with Crippen LogP contribution in [0, 0.1) is 0 Å². The third-order valence-electron chi connectivity index (χ3n) is 4.65. The van der Waals surface area contributed by atoms with E-state index in [0.29, 0.717) is 11.8 Å². The summed E-state index contributed by atoms with van der Waals surface area (Å²) < 4.78 is 1.80. The summed E-state index contributed by atoms with van der Waals surface area (Å²) in [6.45, 7) is 1.53. The van der Waals surface area contributed by atoms with E-state index in [2.05, 4.69) is 15.2 Å². The van der Waals surface area contributed by atoms with E-state index in [1.807, 2.05) is 25.2 Å². The lowest BCUT2D eigenvalue weighted by Gasteiger charge is -2.35. The summed E-state index contributed by atoms with van der Waals surface area (Å²) in [5.74, 6) is 0.295. The maximum Gasteiger partial charge on any atom is 0.115 e. The van der Waals surface area contributed by atoms with E-state index in [1.54, 1.807) is 16.9 Å². The van der Waals surface area contributed by atoms with Crippen LogP contribution in [0.25, 0.3) is 0 Å². The zero-order valence-electron chi connectivity index (χ0n) is 13.5. The van der Waals surface area contributed by atoms with Gasteiger partial charge in [-0.1, -0.05) is 17.3 Å². The third-order valence-corrected chi connectivity index (χ3v) is 4.65. The molecule has 1 aromatic heterocycles. The van der Waals surface area contributed by atoms with Gasteiger partial charge in [0.05, 0.1) is 18.0 Å². The molecule has 6 heteroatoms. The number of aromatic nitrogens is 3. The fourth-order valence-electron chi connectivity index (χ4n) is 3.29. The zero-order valence-corrected chi connectivity index (χ0v) is 13.5. The van der Waals surface area contributed by atoms with Crippen molar-refractivity contribution in [2.75, 3.05) is 0 Å². The van der Waals surface area contributed by atoms with Gasteiger partial charge in [-0.3, -0.25) is 9.58 Å². The number of hydrogen-bond donors (Lipinski definition) is 2. The van der Waals surface area contributed by atoms with Crippen molar-refractivity contribution in [3.05, 3.63) is 41.7 Å². The molecular formula is C17H24N4O2. The van der Waals surface area contributed by atoms with Crippen LogP contribution >= 0.6 is 0 Å². The third kappa shape index (κ3) is 4.09. The Morgan fingerprint density at radius 3 is 2.65 bits per heavy atom. The van der Waals surface area contributed by atoms with E-state index in [-0.39, 0.29) is 6.10 Å². The summed E-state index contributed by atoms with van der Waals surface area (Å²) in [6, 6.07) is 7.84. The van der Waals surface area contributed by atoms with E-state index in [0.717, 1.165) is 50.0 Å². The second-order valence-corrected chi connectivity index (χ2v) is 6.39. The number of aryl methyl sites for hydroxylation is 1. The maximum atomic E-state index is 9.76. The van der Waals surface area contributed by atoms with E-state index in [9.17, 15) is 10.2 Å². The van der Waals surface area contributed by atoms with Crippen molar-refractivity contribution in [1.82, 2.24) is 19.9 Å². The minimum atomic E-state index is -0.160. The minimum Gasteiger partial charge on any atom is -0.508 e. The first kappa shape index (κ1) is 16.0. The molecular weight excluding hydrogens is 292 g/mol. The van der Waals surface area contributed by atoms with Gasteiger partial charge < -0.3 is 10.2 Å². The van der Waals surface area contributed by atoms with Crippen LogP contribution < -0.4 is 0 Å². The van der Waals surface area contributed by atoms with Crippen LogP contribution in [0.3, 0.4) is 0 Å². The normalized spacial score (nSPS) is 21.7. The number of aromatic hydroxyl groups is 1. The molecule has 0 saturated heterocycles. The first-order valence-electron chi connectivity index (χ1n) is 8.15. The molecule has 2 aromatic rings. The van der Waals surface area contributed by atoms with E-state index in [4.69, 9.17) is 0 Å². The lowest BCUT2D eigenvalue weighted by Crippen LogP contribution is -2.38. The number of phenolic OH excluding ortho intramolecular Hbond substituents is 1. The number of benzene rings is 1. The number of hydrogen-bond acceptors (Lipinski definition) is 5. The summed E-state index contributed by atoms with van der Waals surface area (Å²) in [7, 11) is 1.90. The number of aliphatic hydroxyl groups excluding tert-OH is 1. The molecule has 2 N–H and O–H groups in total. The fraction of sp³-hybridized carbons (Fsp3) is 0.529. The number of aliphatic hydroxyl groups is 1. The van der Waals surface area contributed by atoms with Crippen molar-refractivity contribution < 1.29 is 10.2 Å². The van der Waals surface area contributed by atoms with Crippen LogP contribution in [0.2, 0.25) is 0 Å². The SMILES string of the molecule is Cn1nncc1CN(Cc1cccc(O)c1)C1CCC(O)CC1. The molecule has 0 unspecified atom stereocenters. The topological polar surface area (TPSA) is 74.4 Å². The van der Waals surface area contributed by atoms with E-state index in [1.165, 1.54) is 0 Å². The van der Waals surface area contributed by atoms with Crippen molar-refractivity contribution in [3.63, 3.8) is 0 Å². The molecule has 0 atom stereocenters. The summed E-state index contributed by atoms with van der Waals surface area (Å²) in [6.07, 6.45) is 5.33. The highest BCUT2D eigenvalue weighted by Gasteiger charge is 2.25. The first-order valence-corrected chi connectivity index (χ1v) is 8.15. The summed E-state index contributed by atoms with van der Waals surface area (Å²) in [5.41, 5.74) is 2.16. The van der Waals surface area contributed by atoms with Gasteiger partial charge in [0, 0.05) is 26.2 Å². The van der Waals surface area contributed by atoms with Crippen molar-refractivity contribution in [2.24, 2.45) is 7.05 Å². The van der Waals surface area contributed by atoms with Crippen molar-refractivity contribution >= 4 is 0 Å². The molecule has 0 aliphatic heterocycles. The quantitative estimate of drug-likeness (QED) is 0.880. The van der Waals surface area contributed by atoms with E-state index >= 15 is 0 Å². The number of phenols is 1. The Bertz CT molecular complexity index is 635. The zero-order chi connectivity index (χ0) is 16.2. The van der Waals surface area contributed by atoms with Crippen LogP contribution in [0.4, 0.5) is 0 Å². The molecule has 1 saturated carbocycles. The first-order chi connectivity index (χ1) is 11.1. The Labute approximate surface area is 136 Å². The summed E-state index contributed by atoms with van der Waals surface area (Å²) in [4.78, 5) is 2.40. The van der Waals surface area contributed by atoms with Crippen LogP contribution in [0.5, 0.6) is 5.75 Å². The lowest BCUT2D eigenvalue weighted by atomic mass is 9.91. The second-order valence-electron chi connectivity index (χ2n) is 6.39. The standard InChI is InChI=1S/C17H24N4O2/c1-20-15(10-18-19-20)12-21(14-5-7-16(22)8-6-14)11-13-3-2-4-17(23)9-13/h2-4,9-10,14,16,22-23H,5-8,11-12H2,1H3. The van der Waals surface area contributed by atoms with Gasteiger partial charge in [0.1, 0.15) is 5.75 Å². The molecule has 1 heterocycles. The molecule has 0 amide bonds. The second kappa shape index (κ2) is 7.10. The predicted octanol–water partition coefficient (Wildman–Crippen LogP) is 1.83. The fourth-order valence-corrected chi connectivity index (χ4v) is 3.29. The Hall–Kier alpha value is -1.92. The lowest BCUT2D eigenvalue weighted by molar-refractivity contribution is 0.0654. The van der Waals surface area contributed by atoms with Gasteiger partial charge in [-0.05, 0) is 43.4 Å². The number of rotatable bonds is 5. The van der Waals surface area contributed by atoms with Gasteiger partial charge in [0.2, 0.25) is 0 Å². The van der Waals surface area contributed by atoms with E-state index < -0.39 is 0 Å². The highest BCUT2D eigenvalue weighted by molar-refractivity contribution is 5.27. The molecule has 23 heavy (non-hydrogen) atoms. The minimum absolute atomic E-state index is 0.160. The van der Waals surface area contributed by atoms with Crippen LogP contribution in [0.1, 0.15) is 36.9 Å². The molecule has 124 valence electrons. The smallest absolute Gasteiger partial charge is 0.115 e. The summed E-state index contributed by atoms with van der Waals surface area (Å²) in [5, 5.41) is 27.4. The highest BCUT2D eigenvalue weighted by Crippen LogP contribution is 2.26. The predicted molar refractivity (Wildman–Crippen MR) is 86.6 cm³/mol. The molecule has 1 aromatic carbocycles. The largest absolute Gasteiger partial charge is 0.508 e. The molecule has 1 aliphatic carbocycles. The molecule has 3 rings (SSSR count). The summed E-state index contributed by atoms with van der Waals surface area (Å²) >= 11 is 0. The van der Waals surface area contributed by atoms with Crippen molar-refractivity contribution in [2.45, 2.75) is 50.9 Å². The molecule has 0 spiro atoms. The van der Waals surface area contributed by atoms with Gasteiger partial charge in [-0.25, -0.2) is 0 Å². The van der Waals surface area contributed by atoms with Gasteiger partial charge in [-0.15, -0.1) is 5.10 Å². The number of nitrogens with zero attached hydrogens (tertiary/aromatic N) is 4. The highest BCUT2D eigenvalue weighted by atomic mass is 16.3. The molecule has 1 fully saturated rings. The van der Waals surface area contributed by atoms with Crippen LogP contribution in [0.15, 0.2) is 30.5 Å². The van der Waals surface area contributed by atoms with Crippen molar-refractivity contribution in [1.29, 1.82) is 0 Å². The molecule has 0 radical (unpaired) electrons. The Balaban J connectivity index is 1.76. The Morgan fingerprint density at radius 1 is 1.22 bits per heavy atom. The monoisotopic (exact) mass is 316 g/mol.